The molecule has 4 heteroatoms. The second-order valence-electron chi connectivity index (χ2n) is 4.68. The van der Waals surface area contributed by atoms with Crippen molar-refractivity contribution in [1.29, 1.82) is 0 Å². The van der Waals surface area contributed by atoms with Gasteiger partial charge in [-0.1, -0.05) is 41.7 Å². The van der Waals surface area contributed by atoms with E-state index in [4.69, 9.17) is 0 Å². The summed E-state index contributed by atoms with van der Waals surface area (Å²) in [6.45, 7) is 3.43. The quantitative estimate of drug-likeness (QED) is 0.716. The molecule has 0 fully saturated rings. The van der Waals surface area contributed by atoms with Crippen molar-refractivity contribution < 1.29 is 4.79 Å². The molecule has 0 bridgehead atoms. The molecule has 0 atom stereocenters. The van der Waals surface area contributed by atoms with Crippen LogP contribution in [0.5, 0.6) is 0 Å². The monoisotopic (exact) mass is 282 g/mol. The number of benzene rings is 2. The van der Waals surface area contributed by atoms with Crippen molar-refractivity contribution in [3.8, 4) is 0 Å². The van der Waals surface area contributed by atoms with Gasteiger partial charge in [0.25, 0.3) is 0 Å². The number of Topliss-reactive ketones (excluding diaryl/α,β-unsaturated/α-hetero) is 1. The van der Waals surface area contributed by atoms with Crippen LogP contribution in [-0.4, -0.2) is 10.8 Å². The van der Waals surface area contributed by atoms with Crippen LogP contribution in [0, 0.1) is 6.92 Å². The fraction of sp³-hybridized carbons (Fsp3) is 0.125. The molecule has 0 spiro atoms. The van der Waals surface area contributed by atoms with Gasteiger partial charge in [-0.25, -0.2) is 4.98 Å². The molecule has 1 N–H and O–H groups in total. The Hall–Kier alpha value is -2.20. The second kappa shape index (κ2) is 5.06. The third-order valence-electron chi connectivity index (χ3n) is 3.12. The van der Waals surface area contributed by atoms with Crippen molar-refractivity contribution in [2.24, 2.45) is 0 Å². The molecule has 0 aliphatic carbocycles. The van der Waals surface area contributed by atoms with E-state index >= 15 is 0 Å². The molecule has 0 aliphatic heterocycles. The van der Waals surface area contributed by atoms with Gasteiger partial charge >= 0.3 is 0 Å². The Balaban J connectivity index is 1.92. The maximum absolute atomic E-state index is 11.4. The highest BCUT2D eigenvalue weighted by molar-refractivity contribution is 7.17. The van der Waals surface area contributed by atoms with Crippen molar-refractivity contribution >= 4 is 38.7 Å². The molecule has 100 valence electrons. The normalized spacial score (nSPS) is 10.7. The number of anilines is 2. The van der Waals surface area contributed by atoms with Crippen LogP contribution in [0.2, 0.25) is 0 Å². The number of hydrogen-bond donors (Lipinski definition) is 1. The fourth-order valence-corrected chi connectivity index (χ4v) is 3.05. The summed E-state index contributed by atoms with van der Waals surface area (Å²) >= 11 is 1.40. The number of aromatic nitrogens is 1. The Morgan fingerprint density at radius 3 is 2.60 bits per heavy atom. The lowest BCUT2D eigenvalue weighted by atomic mass is 10.1. The van der Waals surface area contributed by atoms with Crippen LogP contribution in [-0.2, 0) is 0 Å². The molecule has 0 aliphatic rings. The number of carbonyl (C=O) groups excluding carboxylic acids is 1. The van der Waals surface area contributed by atoms with E-state index in [9.17, 15) is 4.79 Å². The van der Waals surface area contributed by atoms with Crippen LogP contribution in [0.15, 0.2) is 42.5 Å². The summed E-state index contributed by atoms with van der Waals surface area (Å²) in [5.74, 6) is 0.0616. The first kappa shape index (κ1) is 12.8. The molecule has 0 unspecified atom stereocenters. The Morgan fingerprint density at radius 2 is 1.90 bits per heavy atom. The topological polar surface area (TPSA) is 42.0 Å². The predicted octanol–water partition coefficient (Wildman–Crippen LogP) is 4.55. The van der Waals surface area contributed by atoms with Crippen LogP contribution in [0.25, 0.3) is 10.8 Å². The van der Waals surface area contributed by atoms with E-state index in [-0.39, 0.29) is 5.78 Å². The third kappa shape index (κ3) is 2.42. The Kier molecular flexibility index (Phi) is 3.24. The maximum atomic E-state index is 11.4. The smallest absolute Gasteiger partial charge is 0.188 e. The van der Waals surface area contributed by atoms with Gasteiger partial charge in [0.2, 0.25) is 0 Å². The molecule has 20 heavy (non-hydrogen) atoms. The van der Waals surface area contributed by atoms with Crippen LogP contribution >= 0.6 is 11.3 Å². The SMILES string of the molecule is CC(=O)c1sc(Nc2ccc3ccccc3c2)nc1C. The van der Waals surface area contributed by atoms with E-state index in [0.717, 1.165) is 16.5 Å². The van der Waals surface area contributed by atoms with Gasteiger partial charge in [0, 0.05) is 12.6 Å². The molecule has 0 radical (unpaired) electrons. The summed E-state index contributed by atoms with van der Waals surface area (Å²) in [5.41, 5.74) is 1.76. The first-order valence-corrected chi connectivity index (χ1v) is 7.19. The molecule has 3 rings (SSSR count). The van der Waals surface area contributed by atoms with E-state index in [0.29, 0.717) is 4.88 Å². The zero-order valence-electron chi connectivity index (χ0n) is 11.3. The summed E-state index contributed by atoms with van der Waals surface area (Å²) in [4.78, 5) is 16.6. The Labute approximate surface area is 121 Å². The summed E-state index contributed by atoms with van der Waals surface area (Å²) in [7, 11) is 0. The second-order valence-corrected chi connectivity index (χ2v) is 5.68. The average molecular weight is 282 g/mol. The molecule has 0 saturated heterocycles. The van der Waals surface area contributed by atoms with Gasteiger partial charge in [-0.3, -0.25) is 4.79 Å². The van der Waals surface area contributed by atoms with Crippen molar-refractivity contribution in [3.63, 3.8) is 0 Å². The van der Waals surface area contributed by atoms with Gasteiger partial charge in [-0.15, -0.1) is 0 Å². The molecular formula is C16H14N2OS. The molecule has 1 heterocycles. The highest BCUT2D eigenvalue weighted by Gasteiger charge is 2.11. The Bertz CT molecular complexity index is 792. The van der Waals surface area contributed by atoms with E-state index < -0.39 is 0 Å². The first-order valence-electron chi connectivity index (χ1n) is 6.37. The zero-order valence-corrected chi connectivity index (χ0v) is 12.1. The number of rotatable bonds is 3. The summed E-state index contributed by atoms with van der Waals surface area (Å²) < 4.78 is 0. The van der Waals surface area contributed by atoms with Crippen molar-refractivity contribution in [2.75, 3.05) is 5.32 Å². The van der Waals surface area contributed by atoms with Gasteiger partial charge in [0.1, 0.15) is 0 Å². The number of carbonyl (C=O) groups is 1. The third-order valence-corrected chi connectivity index (χ3v) is 4.29. The number of thiazole rings is 1. The van der Waals surface area contributed by atoms with Crippen molar-refractivity contribution in [3.05, 3.63) is 53.0 Å². The highest BCUT2D eigenvalue weighted by atomic mass is 32.1. The molecule has 0 amide bonds. The van der Waals surface area contributed by atoms with Gasteiger partial charge in [-0.05, 0) is 29.8 Å². The van der Waals surface area contributed by atoms with Gasteiger partial charge in [-0.2, -0.15) is 0 Å². The largest absolute Gasteiger partial charge is 0.332 e. The zero-order chi connectivity index (χ0) is 14.1. The number of nitrogens with zero attached hydrogens (tertiary/aromatic N) is 1. The number of aryl methyl sites for hydroxylation is 1. The minimum Gasteiger partial charge on any atom is -0.332 e. The van der Waals surface area contributed by atoms with Crippen LogP contribution < -0.4 is 5.32 Å². The minimum atomic E-state index is 0.0616. The molecule has 3 nitrogen and oxygen atoms in total. The van der Waals surface area contributed by atoms with Crippen LogP contribution in [0.1, 0.15) is 22.3 Å². The summed E-state index contributed by atoms with van der Waals surface area (Å²) in [6.07, 6.45) is 0. The number of fused-ring (bicyclic) bond motifs is 1. The molecule has 0 saturated carbocycles. The average Bonchev–Trinajstić information content (AvgIpc) is 2.79. The van der Waals surface area contributed by atoms with Gasteiger partial charge in [0.05, 0.1) is 10.6 Å². The highest BCUT2D eigenvalue weighted by Crippen LogP contribution is 2.27. The number of ketones is 1. The lowest BCUT2D eigenvalue weighted by molar-refractivity contribution is 0.102. The summed E-state index contributed by atoms with van der Waals surface area (Å²) in [6, 6.07) is 14.4. The van der Waals surface area contributed by atoms with Crippen LogP contribution in [0.3, 0.4) is 0 Å². The molecule has 2 aromatic carbocycles. The number of hydrogen-bond acceptors (Lipinski definition) is 4. The number of nitrogens with one attached hydrogen (secondary N) is 1. The van der Waals surface area contributed by atoms with Crippen LogP contribution in [0.4, 0.5) is 10.8 Å². The fourth-order valence-electron chi connectivity index (χ4n) is 2.17. The minimum absolute atomic E-state index is 0.0616. The lowest BCUT2D eigenvalue weighted by Gasteiger charge is -2.04. The summed E-state index contributed by atoms with van der Waals surface area (Å²) in [5, 5.41) is 6.40. The van der Waals surface area contributed by atoms with E-state index in [1.54, 1.807) is 6.92 Å². The first-order chi connectivity index (χ1) is 9.63. The molecular weight excluding hydrogens is 268 g/mol. The van der Waals surface area contributed by atoms with E-state index in [2.05, 4.69) is 34.6 Å². The van der Waals surface area contributed by atoms with E-state index in [1.165, 1.54) is 22.1 Å². The van der Waals surface area contributed by atoms with Crippen molar-refractivity contribution in [2.45, 2.75) is 13.8 Å². The van der Waals surface area contributed by atoms with Gasteiger partial charge < -0.3 is 5.32 Å². The standard InChI is InChI=1S/C16H14N2OS/c1-10-15(11(2)19)20-16(17-10)18-14-8-7-12-5-3-4-6-13(12)9-14/h3-9H,1-2H3,(H,17,18). The molecule has 1 aromatic heterocycles. The molecule has 3 aromatic rings. The van der Waals surface area contributed by atoms with Gasteiger partial charge in [0.15, 0.2) is 10.9 Å². The van der Waals surface area contributed by atoms with Crippen molar-refractivity contribution in [1.82, 2.24) is 4.98 Å². The Morgan fingerprint density at radius 1 is 1.15 bits per heavy atom. The maximum Gasteiger partial charge on any atom is 0.188 e. The predicted molar refractivity (Wildman–Crippen MR) is 84.1 cm³/mol. The van der Waals surface area contributed by atoms with E-state index in [1.807, 2.05) is 25.1 Å². The lowest BCUT2D eigenvalue weighted by Crippen LogP contribution is -1.90.